The van der Waals surface area contributed by atoms with Crippen LogP contribution in [0.3, 0.4) is 0 Å². The topological polar surface area (TPSA) is 119 Å². The van der Waals surface area contributed by atoms with E-state index in [4.69, 9.17) is 9.47 Å². The lowest BCUT2D eigenvalue weighted by molar-refractivity contribution is 0.297. The SMILES string of the molecule is O=S(=O)(NCc1nn[nH]n1)c1ccc2c(c1)OCCCO2. The predicted octanol–water partition coefficient (Wildman–Crippen LogP) is -0.161. The maximum atomic E-state index is 12.2. The van der Waals surface area contributed by atoms with Crippen LogP contribution < -0.4 is 14.2 Å². The van der Waals surface area contributed by atoms with E-state index >= 15 is 0 Å². The van der Waals surface area contributed by atoms with Gasteiger partial charge in [-0.3, -0.25) is 0 Å². The summed E-state index contributed by atoms with van der Waals surface area (Å²) < 4.78 is 37.7. The van der Waals surface area contributed by atoms with E-state index in [-0.39, 0.29) is 17.3 Å². The number of fused-ring (bicyclic) bond motifs is 1. The van der Waals surface area contributed by atoms with Crippen molar-refractivity contribution in [2.75, 3.05) is 13.2 Å². The fourth-order valence-electron chi connectivity index (χ4n) is 1.81. The summed E-state index contributed by atoms with van der Waals surface area (Å²) in [6.07, 6.45) is 0.757. The third kappa shape index (κ3) is 3.11. The van der Waals surface area contributed by atoms with Gasteiger partial charge in [0.1, 0.15) is 0 Å². The van der Waals surface area contributed by atoms with Gasteiger partial charge in [-0.1, -0.05) is 5.21 Å². The molecule has 0 saturated heterocycles. The van der Waals surface area contributed by atoms with Crippen molar-refractivity contribution in [2.45, 2.75) is 17.9 Å². The van der Waals surface area contributed by atoms with Crippen LogP contribution in [0.1, 0.15) is 12.2 Å². The minimum Gasteiger partial charge on any atom is -0.490 e. The van der Waals surface area contributed by atoms with Crippen molar-refractivity contribution in [3.05, 3.63) is 24.0 Å². The maximum Gasteiger partial charge on any atom is 0.241 e. The van der Waals surface area contributed by atoms with E-state index in [0.29, 0.717) is 24.7 Å². The van der Waals surface area contributed by atoms with Crippen LogP contribution in [0.25, 0.3) is 0 Å². The van der Waals surface area contributed by atoms with E-state index < -0.39 is 10.0 Å². The molecule has 0 saturated carbocycles. The number of aromatic amines is 1. The molecule has 0 atom stereocenters. The van der Waals surface area contributed by atoms with Gasteiger partial charge in [0.25, 0.3) is 0 Å². The van der Waals surface area contributed by atoms with Crippen molar-refractivity contribution in [2.24, 2.45) is 0 Å². The van der Waals surface area contributed by atoms with Gasteiger partial charge in [-0.05, 0) is 12.1 Å². The molecule has 1 aromatic heterocycles. The first-order valence-electron chi connectivity index (χ1n) is 6.27. The summed E-state index contributed by atoms with van der Waals surface area (Å²) in [5.74, 6) is 1.23. The van der Waals surface area contributed by atoms with E-state index in [0.717, 1.165) is 6.42 Å². The molecular weight excluding hydrogens is 298 g/mol. The zero-order valence-electron chi connectivity index (χ0n) is 10.9. The molecule has 3 rings (SSSR count). The number of hydrogen-bond acceptors (Lipinski definition) is 7. The molecule has 21 heavy (non-hydrogen) atoms. The first-order valence-corrected chi connectivity index (χ1v) is 7.75. The zero-order chi connectivity index (χ0) is 14.7. The van der Waals surface area contributed by atoms with E-state index in [1.54, 1.807) is 6.07 Å². The molecule has 0 radical (unpaired) electrons. The molecule has 9 nitrogen and oxygen atoms in total. The average molecular weight is 311 g/mol. The third-order valence-electron chi connectivity index (χ3n) is 2.84. The number of aromatic nitrogens is 4. The van der Waals surface area contributed by atoms with Gasteiger partial charge < -0.3 is 9.47 Å². The highest BCUT2D eigenvalue weighted by molar-refractivity contribution is 7.89. The van der Waals surface area contributed by atoms with Gasteiger partial charge in [0.15, 0.2) is 17.3 Å². The van der Waals surface area contributed by atoms with E-state index in [2.05, 4.69) is 25.3 Å². The largest absolute Gasteiger partial charge is 0.490 e. The van der Waals surface area contributed by atoms with E-state index in [1.165, 1.54) is 12.1 Å². The number of ether oxygens (including phenoxy) is 2. The Balaban J connectivity index is 1.80. The van der Waals surface area contributed by atoms with Crippen LogP contribution in [0.5, 0.6) is 11.5 Å². The Morgan fingerprint density at radius 1 is 1.24 bits per heavy atom. The highest BCUT2D eigenvalue weighted by Gasteiger charge is 2.19. The van der Waals surface area contributed by atoms with Crippen molar-refractivity contribution in [3.8, 4) is 11.5 Å². The Kier molecular flexibility index (Phi) is 3.71. The average Bonchev–Trinajstić information content (AvgIpc) is 2.89. The van der Waals surface area contributed by atoms with Crippen LogP contribution in [0.2, 0.25) is 0 Å². The summed E-state index contributed by atoms with van der Waals surface area (Å²) in [7, 11) is -3.69. The highest BCUT2D eigenvalue weighted by Crippen LogP contribution is 2.31. The predicted molar refractivity (Wildman–Crippen MR) is 70.3 cm³/mol. The fraction of sp³-hybridized carbons (Fsp3) is 0.364. The Bertz CT molecular complexity index is 716. The lowest BCUT2D eigenvalue weighted by atomic mass is 10.3. The Morgan fingerprint density at radius 3 is 2.81 bits per heavy atom. The molecular formula is C11H13N5O4S. The summed E-state index contributed by atoms with van der Waals surface area (Å²) in [4.78, 5) is 0.0928. The van der Waals surface area contributed by atoms with Gasteiger partial charge in [-0.2, -0.15) is 5.21 Å². The van der Waals surface area contributed by atoms with Crippen LogP contribution in [0.4, 0.5) is 0 Å². The van der Waals surface area contributed by atoms with Gasteiger partial charge in [0, 0.05) is 12.5 Å². The molecule has 1 aliphatic heterocycles. The van der Waals surface area contributed by atoms with Gasteiger partial charge in [-0.15, -0.1) is 10.2 Å². The molecule has 1 aliphatic rings. The highest BCUT2D eigenvalue weighted by atomic mass is 32.2. The van der Waals surface area contributed by atoms with Crippen molar-refractivity contribution >= 4 is 10.0 Å². The molecule has 2 heterocycles. The minimum absolute atomic E-state index is 0.0483. The number of H-pyrrole nitrogens is 1. The molecule has 0 bridgehead atoms. The van der Waals surface area contributed by atoms with Crippen molar-refractivity contribution in [1.29, 1.82) is 0 Å². The van der Waals surface area contributed by atoms with Crippen LogP contribution >= 0.6 is 0 Å². The zero-order valence-corrected chi connectivity index (χ0v) is 11.8. The molecule has 0 amide bonds. The summed E-state index contributed by atoms with van der Waals surface area (Å²) in [5, 5.41) is 13.0. The molecule has 0 unspecified atom stereocenters. The second kappa shape index (κ2) is 5.66. The second-order valence-electron chi connectivity index (χ2n) is 4.31. The van der Waals surface area contributed by atoms with Gasteiger partial charge >= 0.3 is 0 Å². The monoisotopic (exact) mass is 311 g/mol. The molecule has 10 heteroatoms. The summed E-state index contributed by atoms with van der Waals surface area (Å²) in [5.41, 5.74) is 0. The first kappa shape index (κ1) is 13.8. The second-order valence-corrected chi connectivity index (χ2v) is 6.08. The van der Waals surface area contributed by atoms with Crippen LogP contribution in [0.15, 0.2) is 23.1 Å². The van der Waals surface area contributed by atoms with Gasteiger partial charge in [0.2, 0.25) is 10.0 Å². The molecule has 0 aliphatic carbocycles. The van der Waals surface area contributed by atoms with Crippen molar-refractivity contribution in [1.82, 2.24) is 25.3 Å². The number of nitrogens with zero attached hydrogens (tertiary/aromatic N) is 3. The number of sulfonamides is 1. The third-order valence-corrected chi connectivity index (χ3v) is 4.24. The summed E-state index contributed by atoms with van der Waals surface area (Å²) in [6, 6.07) is 4.49. The summed E-state index contributed by atoms with van der Waals surface area (Å²) >= 11 is 0. The number of tetrazole rings is 1. The number of nitrogens with one attached hydrogen (secondary N) is 2. The first-order chi connectivity index (χ1) is 10.1. The molecule has 112 valence electrons. The smallest absolute Gasteiger partial charge is 0.241 e. The molecule has 0 spiro atoms. The number of benzene rings is 1. The Hall–Kier alpha value is -2.20. The Morgan fingerprint density at radius 2 is 2.05 bits per heavy atom. The standard InChI is InChI=1S/C11H13N5O4S/c17-21(18,12-7-11-13-15-16-14-11)8-2-3-9-10(6-8)20-5-1-4-19-9/h2-3,6,12H,1,4-5,7H2,(H,13,14,15,16). The summed E-state index contributed by atoms with van der Waals surface area (Å²) in [6.45, 7) is 0.995. The van der Waals surface area contributed by atoms with Crippen LogP contribution in [-0.4, -0.2) is 42.3 Å². The molecule has 2 N–H and O–H groups in total. The minimum atomic E-state index is -3.69. The lowest BCUT2D eigenvalue weighted by Gasteiger charge is -2.10. The maximum absolute atomic E-state index is 12.2. The van der Waals surface area contributed by atoms with E-state index in [1.807, 2.05) is 0 Å². The van der Waals surface area contributed by atoms with Crippen LogP contribution in [-0.2, 0) is 16.6 Å². The molecule has 2 aromatic rings. The molecule has 1 aromatic carbocycles. The fourth-order valence-corrected chi connectivity index (χ4v) is 2.81. The van der Waals surface area contributed by atoms with Crippen LogP contribution in [0, 0.1) is 0 Å². The van der Waals surface area contributed by atoms with Crippen molar-refractivity contribution < 1.29 is 17.9 Å². The van der Waals surface area contributed by atoms with Gasteiger partial charge in [0.05, 0.1) is 24.7 Å². The van der Waals surface area contributed by atoms with Crippen molar-refractivity contribution in [3.63, 3.8) is 0 Å². The van der Waals surface area contributed by atoms with Gasteiger partial charge in [-0.25, -0.2) is 13.1 Å². The quantitative estimate of drug-likeness (QED) is 0.805. The number of rotatable bonds is 4. The number of hydrogen-bond donors (Lipinski definition) is 2. The van der Waals surface area contributed by atoms with E-state index in [9.17, 15) is 8.42 Å². The molecule has 0 fully saturated rings. The lowest BCUT2D eigenvalue weighted by Crippen LogP contribution is -2.24. The Labute approximate surface area is 120 Å². The normalized spacial score (nSPS) is 14.7.